The van der Waals surface area contributed by atoms with Crippen molar-refractivity contribution in [2.45, 2.75) is 6.42 Å². The Morgan fingerprint density at radius 1 is 1.04 bits per heavy atom. The number of carbonyl (C=O) groups is 2. The number of aliphatic hydroxyl groups is 1. The van der Waals surface area contributed by atoms with Crippen LogP contribution in [0.3, 0.4) is 0 Å². The number of halogens is 1. The van der Waals surface area contributed by atoms with E-state index in [0.29, 0.717) is 23.6 Å². The van der Waals surface area contributed by atoms with E-state index in [2.05, 4.69) is 10.6 Å². The van der Waals surface area contributed by atoms with E-state index in [1.807, 2.05) is 6.07 Å². The third-order valence-corrected chi connectivity index (χ3v) is 3.58. The lowest BCUT2D eigenvalue weighted by Gasteiger charge is -2.11. The third-order valence-electron chi connectivity index (χ3n) is 3.33. The summed E-state index contributed by atoms with van der Waals surface area (Å²) in [4.78, 5) is 24.7. The Kier molecular flexibility index (Phi) is 7.19. The highest BCUT2D eigenvalue weighted by Crippen LogP contribution is 2.12. The van der Waals surface area contributed by atoms with E-state index < -0.39 is 5.91 Å². The van der Waals surface area contributed by atoms with E-state index in [0.717, 1.165) is 5.56 Å². The predicted molar refractivity (Wildman–Crippen MR) is 98.0 cm³/mol. The molecule has 0 aliphatic carbocycles. The Morgan fingerprint density at radius 3 is 2.36 bits per heavy atom. The van der Waals surface area contributed by atoms with Gasteiger partial charge in [0, 0.05) is 23.7 Å². The molecule has 2 amide bonds. The number of carbonyl (C=O) groups excluding carboxylic acids is 2. The third kappa shape index (κ3) is 6.06. The maximum atomic E-state index is 12.4. The summed E-state index contributed by atoms with van der Waals surface area (Å²) in [6, 6.07) is 15.5. The van der Waals surface area contributed by atoms with Gasteiger partial charge in [0.25, 0.3) is 11.8 Å². The van der Waals surface area contributed by atoms with Crippen LogP contribution in [-0.4, -0.2) is 30.1 Å². The number of benzene rings is 2. The first-order valence-electron chi connectivity index (χ1n) is 7.83. The minimum atomic E-state index is -0.423. The summed E-state index contributed by atoms with van der Waals surface area (Å²) in [5.41, 5.74) is 1.30. The van der Waals surface area contributed by atoms with Crippen LogP contribution in [0.5, 0.6) is 0 Å². The fourth-order valence-corrected chi connectivity index (χ4v) is 2.17. The molecule has 2 aromatic carbocycles. The monoisotopic (exact) mass is 358 g/mol. The van der Waals surface area contributed by atoms with Gasteiger partial charge in [0.1, 0.15) is 5.70 Å². The predicted octanol–water partition coefficient (Wildman–Crippen LogP) is 2.61. The molecule has 130 valence electrons. The van der Waals surface area contributed by atoms with Crippen LogP contribution in [0.1, 0.15) is 22.3 Å². The van der Waals surface area contributed by atoms with Crippen molar-refractivity contribution in [3.8, 4) is 0 Å². The maximum absolute atomic E-state index is 12.4. The molecule has 2 aromatic rings. The van der Waals surface area contributed by atoms with Gasteiger partial charge in [-0.05, 0) is 42.3 Å². The average Bonchev–Trinajstić information content (AvgIpc) is 2.63. The van der Waals surface area contributed by atoms with Gasteiger partial charge in [-0.15, -0.1) is 0 Å². The quantitative estimate of drug-likeness (QED) is 0.526. The molecule has 0 heterocycles. The van der Waals surface area contributed by atoms with Gasteiger partial charge >= 0.3 is 0 Å². The first-order valence-corrected chi connectivity index (χ1v) is 8.20. The minimum Gasteiger partial charge on any atom is -0.396 e. The second-order valence-electron chi connectivity index (χ2n) is 5.26. The van der Waals surface area contributed by atoms with E-state index in [1.165, 1.54) is 0 Å². The van der Waals surface area contributed by atoms with Crippen LogP contribution >= 0.6 is 11.6 Å². The summed E-state index contributed by atoms with van der Waals surface area (Å²) in [6.45, 7) is 0.293. The zero-order chi connectivity index (χ0) is 18.1. The molecule has 0 spiro atoms. The molecule has 3 N–H and O–H groups in total. The lowest BCUT2D eigenvalue weighted by Crippen LogP contribution is -2.35. The largest absolute Gasteiger partial charge is 0.396 e. The van der Waals surface area contributed by atoms with Gasteiger partial charge in [0.05, 0.1) is 0 Å². The van der Waals surface area contributed by atoms with Crippen LogP contribution in [0.25, 0.3) is 6.08 Å². The van der Waals surface area contributed by atoms with Crippen LogP contribution in [0.4, 0.5) is 0 Å². The molecule has 5 nitrogen and oxygen atoms in total. The molecule has 0 bridgehead atoms. The van der Waals surface area contributed by atoms with Crippen molar-refractivity contribution >= 4 is 29.5 Å². The molecule has 0 radical (unpaired) electrons. The lowest BCUT2D eigenvalue weighted by molar-refractivity contribution is -0.117. The maximum Gasteiger partial charge on any atom is 0.267 e. The summed E-state index contributed by atoms with van der Waals surface area (Å²) >= 11 is 5.87. The van der Waals surface area contributed by atoms with Crippen LogP contribution in [0.2, 0.25) is 5.02 Å². The van der Waals surface area contributed by atoms with Crippen molar-refractivity contribution in [3.63, 3.8) is 0 Å². The Labute approximate surface area is 151 Å². The highest BCUT2D eigenvalue weighted by Gasteiger charge is 2.14. The number of amides is 2. The van der Waals surface area contributed by atoms with Crippen LogP contribution in [0.15, 0.2) is 60.3 Å². The Hall–Kier alpha value is -2.63. The first kappa shape index (κ1) is 18.7. The molecular weight excluding hydrogens is 340 g/mol. The van der Waals surface area contributed by atoms with E-state index in [9.17, 15) is 9.59 Å². The molecule has 0 fully saturated rings. The van der Waals surface area contributed by atoms with Gasteiger partial charge in [0.15, 0.2) is 0 Å². The van der Waals surface area contributed by atoms with Crippen LogP contribution in [0, 0.1) is 0 Å². The Balaban J connectivity index is 2.20. The van der Waals surface area contributed by atoms with E-state index in [1.54, 1.807) is 54.6 Å². The zero-order valence-electron chi connectivity index (χ0n) is 13.5. The average molecular weight is 359 g/mol. The van der Waals surface area contributed by atoms with Crippen molar-refractivity contribution in [2.75, 3.05) is 13.2 Å². The summed E-state index contributed by atoms with van der Waals surface area (Å²) in [5, 5.41) is 14.7. The summed E-state index contributed by atoms with van der Waals surface area (Å²) < 4.78 is 0. The van der Waals surface area contributed by atoms with Crippen molar-refractivity contribution < 1.29 is 14.7 Å². The molecule has 0 saturated heterocycles. The second kappa shape index (κ2) is 9.61. The van der Waals surface area contributed by atoms with Gasteiger partial charge in [-0.25, -0.2) is 0 Å². The van der Waals surface area contributed by atoms with Gasteiger partial charge in [-0.3, -0.25) is 9.59 Å². The van der Waals surface area contributed by atoms with Crippen molar-refractivity contribution in [2.24, 2.45) is 0 Å². The molecular formula is C19H19ClN2O3. The molecule has 0 aliphatic rings. The fraction of sp³-hybridized carbons (Fsp3) is 0.158. The molecule has 25 heavy (non-hydrogen) atoms. The molecule has 6 heteroatoms. The van der Waals surface area contributed by atoms with Crippen LogP contribution < -0.4 is 10.6 Å². The van der Waals surface area contributed by atoms with Gasteiger partial charge in [0.2, 0.25) is 0 Å². The first-order chi connectivity index (χ1) is 12.1. The van der Waals surface area contributed by atoms with Crippen molar-refractivity contribution in [1.82, 2.24) is 10.6 Å². The normalized spacial score (nSPS) is 11.0. The van der Waals surface area contributed by atoms with Gasteiger partial charge in [-0.1, -0.05) is 41.9 Å². The molecule has 0 saturated carbocycles. The topological polar surface area (TPSA) is 78.4 Å². The number of hydrogen-bond donors (Lipinski definition) is 3. The van der Waals surface area contributed by atoms with Gasteiger partial charge in [-0.2, -0.15) is 0 Å². The lowest BCUT2D eigenvalue weighted by atomic mass is 10.1. The van der Waals surface area contributed by atoms with Gasteiger partial charge < -0.3 is 15.7 Å². The number of hydrogen-bond acceptors (Lipinski definition) is 3. The standard InChI is InChI=1S/C19H19ClN2O3/c20-16-9-7-14(8-10-16)13-17(19(25)21-11-4-12-23)22-18(24)15-5-2-1-3-6-15/h1-3,5-10,13,23H,4,11-12H2,(H,21,25)(H,22,24)/b17-13-. The second-order valence-corrected chi connectivity index (χ2v) is 5.70. The van der Waals surface area contributed by atoms with E-state index in [4.69, 9.17) is 16.7 Å². The van der Waals surface area contributed by atoms with E-state index in [-0.39, 0.29) is 18.2 Å². The highest BCUT2D eigenvalue weighted by molar-refractivity contribution is 6.30. The van der Waals surface area contributed by atoms with Crippen molar-refractivity contribution in [3.05, 3.63) is 76.4 Å². The Bertz CT molecular complexity index is 743. The zero-order valence-corrected chi connectivity index (χ0v) is 14.3. The molecule has 2 rings (SSSR count). The highest BCUT2D eigenvalue weighted by atomic mass is 35.5. The fourth-order valence-electron chi connectivity index (χ4n) is 2.04. The smallest absolute Gasteiger partial charge is 0.267 e. The molecule has 0 atom stereocenters. The summed E-state index contributed by atoms with van der Waals surface area (Å²) in [6.07, 6.45) is 2.01. The Morgan fingerprint density at radius 2 is 1.72 bits per heavy atom. The number of rotatable bonds is 7. The summed E-state index contributed by atoms with van der Waals surface area (Å²) in [7, 11) is 0. The number of aliphatic hydroxyl groups excluding tert-OH is 1. The minimum absolute atomic E-state index is 0.0209. The molecule has 0 aliphatic heterocycles. The molecule has 0 unspecified atom stereocenters. The van der Waals surface area contributed by atoms with Crippen LogP contribution in [-0.2, 0) is 4.79 Å². The SMILES string of the molecule is O=C(NCCCO)/C(=C/c1ccc(Cl)cc1)NC(=O)c1ccccc1. The summed E-state index contributed by atoms with van der Waals surface area (Å²) in [5.74, 6) is -0.800. The number of nitrogens with one attached hydrogen (secondary N) is 2. The van der Waals surface area contributed by atoms with E-state index >= 15 is 0 Å². The van der Waals surface area contributed by atoms with Crippen molar-refractivity contribution in [1.29, 1.82) is 0 Å². The molecule has 0 aromatic heterocycles.